The molecule has 0 aromatic heterocycles. The molecule has 0 heterocycles. The summed E-state index contributed by atoms with van der Waals surface area (Å²) in [7, 11) is 0. The number of carbonyl (C=O) groups is 2. The van der Waals surface area contributed by atoms with Gasteiger partial charge in [0.05, 0.1) is 0 Å². The lowest BCUT2D eigenvalue weighted by Crippen LogP contribution is -2.14. The maximum atomic E-state index is 12.5. The Hall–Kier alpha value is -3.40. The third-order valence-electron chi connectivity index (χ3n) is 4.50. The van der Waals surface area contributed by atoms with Crippen molar-refractivity contribution in [2.75, 3.05) is 10.6 Å². The van der Waals surface area contributed by atoms with Gasteiger partial charge in [-0.2, -0.15) is 0 Å². The summed E-state index contributed by atoms with van der Waals surface area (Å²) in [4.78, 5) is 25.0. The number of hydrogen-bond donors (Lipinski definition) is 2. The van der Waals surface area contributed by atoms with Gasteiger partial charge in [-0.1, -0.05) is 44.2 Å². The molecule has 2 amide bonds. The monoisotopic (exact) mass is 372 g/mol. The molecule has 142 valence electrons. The average Bonchev–Trinajstić information content (AvgIpc) is 2.68. The predicted molar refractivity (Wildman–Crippen MR) is 114 cm³/mol. The van der Waals surface area contributed by atoms with Gasteiger partial charge in [-0.25, -0.2) is 0 Å². The zero-order valence-corrected chi connectivity index (χ0v) is 16.3. The van der Waals surface area contributed by atoms with Crippen LogP contribution in [0, 0.1) is 6.92 Å². The maximum Gasteiger partial charge on any atom is 0.255 e. The largest absolute Gasteiger partial charge is 0.322 e. The minimum atomic E-state index is -0.219. The second-order valence-electron chi connectivity index (χ2n) is 7.14. The van der Waals surface area contributed by atoms with Crippen LogP contribution in [0.4, 0.5) is 11.4 Å². The third kappa shape index (κ3) is 4.86. The van der Waals surface area contributed by atoms with Crippen molar-refractivity contribution >= 4 is 23.2 Å². The van der Waals surface area contributed by atoms with Gasteiger partial charge in [-0.05, 0) is 66.4 Å². The minimum absolute atomic E-state index is 0.202. The van der Waals surface area contributed by atoms with Gasteiger partial charge in [0.1, 0.15) is 0 Å². The molecule has 3 aromatic rings. The number of rotatable bonds is 5. The van der Waals surface area contributed by atoms with Crippen LogP contribution in [-0.4, -0.2) is 11.8 Å². The molecule has 0 saturated heterocycles. The highest BCUT2D eigenvalue weighted by molar-refractivity contribution is 6.07. The first-order valence-corrected chi connectivity index (χ1v) is 9.32. The summed E-state index contributed by atoms with van der Waals surface area (Å²) in [6.45, 7) is 6.20. The highest BCUT2D eigenvalue weighted by Gasteiger charge is 2.10. The summed E-state index contributed by atoms with van der Waals surface area (Å²) < 4.78 is 0. The fraction of sp³-hybridized carbons (Fsp3) is 0.167. The Labute approximate surface area is 165 Å². The number of nitrogens with one attached hydrogen (secondary N) is 2. The maximum absolute atomic E-state index is 12.5. The van der Waals surface area contributed by atoms with Crippen LogP contribution >= 0.6 is 0 Å². The first-order valence-electron chi connectivity index (χ1n) is 9.32. The summed E-state index contributed by atoms with van der Waals surface area (Å²) in [5.74, 6) is -0.00441. The van der Waals surface area contributed by atoms with E-state index in [4.69, 9.17) is 0 Å². The molecule has 0 bridgehead atoms. The summed E-state index contributed by atoms with van der Waals surface area (Å²) in [5.41, 5.74) is 4.64. The van der Waals surface area contributed by atoms with E-state index in [0.717, 1.165) is 11.3 Å². The van der Waals surface area contributed by atoms with E-state index in [9.17, 15) is 9.59 Å². The van der Waals surface area contributed by atoms with E-state index in [1.165, 1.54) is 5.56 Å². The third-order valence-corrected chi connectivity index (χ3v) is 4.50. The van der Waals surface area contributed by atoms with Gasteiger partial charge in [0, 0.05) is 22.5 Å². The molecule has 0 fully saturated rings. The molecule has 0 saturated carbocycles. The van der Waals surface area contributed by atoms with Crippen LogP contribution in [0.1, 0.15) is 51.6 Å². The van der Waals surface area contributed by atoms with E-state index in [2.05, 4.69) is 24.5 Å². The molecule has 0 unspecified atom stereocenters. The normalized spacial score (nSPS) is 10.6. The second kappa shape index (κ2) is 8.53. The molecule has 28 heavy (non-hydrogen) atoms. The number of amides is 2. The van der Waals surface area contributed by atoms with Crippen molar-refractivity contribution in [1.29, 1.82) is 0 Å². The van der Waals surface area contributed by atoms with Gasteiger partial charge in [0.15, 0.2) is 0 Å². The van der Waals surface area contributed by atoms with E-state index < -0.39 is 0 Å². The lowest BCUT2D eigenvalue weighted by Gasteiger charge is -2.10. The van der Waals surface area contributed by atoms with Crippen LogP contribution in [0.15, 0.2) is 72.8 Å². The van der Waals surface area contributed by atoms with E-state index in [0.29, 0.717) is 22.7 Å². The van der Waals surface area contributed by atoms with Gasteiger partial charge < -0.3 is 10.6 Å². The van der Waals surface area contributed by atoms with E-state index in [-0.39, 0.29) is 11.8 Å². The summed E-state index contributed by atoms with van der Waals surface area (Å²) >= 11 is 0. The second-order valence-corrected chi connectivity index (χ2v) is 7.14. The molecule has 2 N–H and O–H groups in total. The van der Waals surface area contributed by atoms with Crippen LogP contribution < -0.4 is 10.6 Å². The van der Waals surface area contributed by atoms with Crippen LogP contribution in [-0.2, 0) is 0 Å². The number of carbonyl (C=O) groups excluding carboxylic acids is 2. The van der Waals surface area contributed by atoms with Crippen molar-refractivity contribution in [1.82, 2.24) is 0 Å². The molecular weight excluding hydrogens is 348 g/mol. The van der Waals surface area contributed by atoms with Crippen LogP contribution in [0.2, 0.25) is 0 Å². The fourth-order valence-electron chi connectivity index (χ4n) is 2.89. The summed E-state index contributed by atoms with van der Waals surface area (Å²) in [6, 6.07) is 22.1. The quantitative estimate of drug-likeness (QED) is 0.610. The Morgan fingerprint density at radius 1 is 0.714 bits per heavy atom. The Kier molecular flexibility index (Phi) is 5.90. The SMILES string of the molecule is Cc1cccc(NC(=O)c2cccc(NC(=O)c3ccc(C(C)C)cc3)c2)c1. The lowest BCUT2D eigenvalue weighted by molar-refractivity contribution is 0.101. The van der Waals surface area contributed by atoms with Crippen molar-refractivity contribution in [3.05, 3.63) is 95.1 Å². The number of aryl methyl sites for hydroxylation is 1. The smallest absolute Gasteiger partial charge is 0.255 e. The molecule has 3 aromatic carbocycles. The molecule has 4 heteroatoms. The van der Waals surface area contributed by atoms with Crippen molar-refractivity contribution in [2.24, 2.45) is 0 Å². The van der Waals surface area contributed by atoms with Gasteiger partial charge in [0.2, 0.25) is 0 Å². The molecule has 4 nitrogen and oxygen atoms in total. The standard InChI is InChI=1S/C24H24N2O2/c1-16(2)18-10-12-19(13-11-18)23(27)26-22-9-5-7-20(15-22)24(28)25-21-8-4-6-17(3)14-21/h4-16H,1-3H3,(H,25,28)(H,26,27). The van der Waals surface area contributed by atoms with Crippen LogP contribution in [0.5, 0.6) is 0 Å². The first kappa shape index (κ1) is 19.4. The lowest BCUT2D eigenvalue weighted by atomic mass is 10.0. The van der Waals surface area contributed by atoms with Gasteiger partial charge in [0.25, 0.3) is 11.8 Å². The van der Waals surface area contributed by atoms with Crippen molar-refractivity contribution in [3.8, 4) is 0 Å². The predicted octanol–water partition coefficient (Wildman–Crippen LogP) is 5.62. The molecular formula is C24H24N2O2. The molecule has 0 atom stereocenters. The van der Waals surface area contributed by atoms with Crippen LogP contribution in [0.3, 0.4) is 0 Å². The Morgan fingerprint density at radius 2 is 1.29 bits per heavy atom. The van der Waals surface area contributed by atoms with E-state index in [1.54, 1.807) is 24.3 Å². The minimum Gasteiger partial charge on any atom is -0.322 e. The van der Waals surface area contributed by atoms with Gasteiger partial charge in [-0.3, -0.25) is 9.59 Å². The van der Waals surface area contributed by atoms with E-state index in [1.807, 2.05) is 55.5 Å². The summed E-state index contributed by atoms with van der Waals surface area (Å²) in [5, 5.41) is 5.73. The molecule has 0 aliphatic heterocycles. The van der Waals surface area contributed by atoms with Crippen LogP contribution in [0.25, 0.3) is 0 Å². The Bertz CT molecular complexity index is 991. The number of benzene rings is 3. The molecule has 3 rings (SSSR count). The highest BCUT2D eigenvalue weighted by Crippen LogP contribution is 2.17. The first-order chi connectivity index (χ1) is 13.4. The Morgan fingerprint density at radius 3 is 1.89 bits per heavy atom. The molecule has 0 radical (unpaired) electrons. The molecule has 0 spiro atoms. The highest BCUT2D eigenvalue weighted by atomic mass is 16.2. The molecule has 0 aliphatic carbocycles. The number of anilines is 2. The van der Waals surface area contributed by atoms with Gasteiger partial charge in [-0.15, -0.1) is 0 Å². The topological polar surface area (TPSA) is 58.2 Å². The molecule has 0 aliphatic rings. The van der Waals surface area contributed by atoms with Gasteiger partial charge >= 0.3 is 0 Å². The average molecular weight is 372 g/mol. The zero-order chi connectivity index (χ0) is 20.1. The van der Waals surface area contributed by atoms with Crippen molar-refractivity contribution in [2.45, 2.75) is 26.7 Å². The fourth-order valence-corrected chi connectivity index (χ4v) is 2.89. The zero-order valence-electron chi connectivity index (χ0n) is 16.3. The number of hydrogen-bond acceptors (Lipinski definition) is 2. The Balaban J connectivity index is 1.70. The van der Waals surface area contributed by atoms with Crippen molar-refractivity contribution in [3.63, 3.8) is 0 Å². The summed E-state index contributed by atoms with van der Waals surface area (Å²) in [6.07, 6.45) is 0. The van der Waals surface area contributed by atoms with Crippen molar-refractivity contribution < 1.29 is 9.59 Å². The van der Waals surface area contributed by atoms with E-state index >= 15 is 0 Å².